The standard InChI is InChI=1S/C8H8O4.C6H10O3/c1-12-7-4-5(8(10)11)2-3-6(7)9;1-3-5(7)9-6(8)4-2/h2-4,9H,1H3,(H,10,11);3,6,8H,1,4H2,2H3. The first kappa shape index (κ1) is 18.5. The fourth-order valence-electron chi connectivity index (χ4n) is 1.08. The van der Waals surface area contributed by atoms with E-state index in [9.17, 15) is 9.59 Å². The van der Waals surface area contributed by atoms with Crippen LogP contribution in [-0.2, 0) is 9.53 Å². The molecule has 0 bridgehead atoms. The largest absolute Gasteiger partial charge is 0.504 e. The van der Waals surface area contributed by atoms with Crippen molar-refractivity contribution in [1.82, 2.24) is 0 Å². The quantitative estimate of drug-likeness (QED) is 0.429. The molecule has 0 amide bonds. The smallest absolute Gasteiger partial charge is 0.335 e. The number of hydrogen-bond acceptors (Lipinski definition) is 6. The molecule has 0 heterocycles. The molecule has 3 N–H and O–H groups in total. The molecule has 0 aromatic heterocycles. The third-order valence-corrected chi connectivity index (χ3v) is 2.19. The van der Waals surface area contributed by atoms with Crippen molar-refractivity contribution in [2.24, 2.45) is 0 Å². The molecule has 0 aliphatic rings. The van der Waals surface area contributed by atoms with Crippen molar-refractivity contribution < 1.29 is 34.4 Å². The van der Waals surface area contributed by atoms with Gasteiger partial charge < -0.3 is 24.8 Å². The summed E-state index contributed by atoms with van der Waals surface area (Å²) >= 11 is 0. The fraction of sp³-hybridized carbons (Fsp3) is 0.286. The molecule has 1 aromatic rings. The van der Waals surface area contributed by atoms with Crippen LogP contribution in [0.1, 0.15) is 23.7 Å². The molecular formula is C14H18O7. The molecule has 0 radical (unpaired) electrons. The molecule has 1 aromatic carbocycles. The van der Waals surface area contributed by atoms with E-state index in [1.54, 1.807) is 6.92 Å². The van der Waals surface area contributed by atoms with Gasteiger partial charge >= 0.3 is 11.9 Å². The van der Waals surface area contributed by atoms with Crippen LogP contribution in [0.25, 0.3) is 0 Å². The zero-order valence-electron chi connectivity index (χ0n) is 11.8. The zero-order valence-corrected chi connectivity index (χ0v) is 11.8. The number of esters is 1. The summed E-state index contributed by atoms with van der Waals surface area (Å²) in [5.74, 6) is -1.55. The second-order valence-corrected chi connectivity index (χ2v) is 3.70. The van der Waals surface area contributed by atoms with Crippen LogP contribution in [0.4, 0.5) is 0 Å². The van der Waals surface area contributed by atoms with Crippen LogP contribution in [-0.4, -0.2) is 40.7 Å². The second-order valence-electron chi connectivity index (χ2n) is 3.70. The number of carbonyl (C=O) groups is 2. The number of hydrogen-bond donors (Lipinski definition) is 3. The first-order valence-corrected chi connectivity index (χ1v) is 5.97. The summed E-state index contributed by atoms with van der Waals surface area (Å²) in [6, 6.07) is 3.85. The number of rotatable bonds is 5. The number of aromatic hydroxyl groups is 1. The lowest BCUT2D eigenvalue weighted by Gasteiger charge is -2.05. The summed E-state index contributed by atoms with van der Waals surface area (Å²) in [6.45, 7) is 4.87. The molecule has 0 saturated carbocycles. The molecule has 0 aliphatic carbocycles. The van der Waals surface area contributed by atoms with Gasteiger partial charge in [0.1, 0.15) is 0 Å². The fourth-order valence-corrected chi connectivity index (χ4v) is 1.08. The van der Waals surface area contributed by atoms with Gasteiger partial charge in [-0.3, -0.25) is 0 Å². The van der Waals surface area contributed by atoms with E-state index in [-0.39, 0.29) is 17.1 Å². The van der Waals surface area contributed by atoms with Gasteiger partial charge in [-0.1, -0.05) is 13.5 Å². The van der Waals surface area contributed by atoms with Crippen molar-refractivity contribution in [2.75, 3.05) is 7.11 Å². The Hall–Kier alpha value is -2.54. The Balaban J connectivity index is 0.000000400. The molecule has 0 saturated heterocycles. The van der Waals surface area contributed by atoms with Crippen molar-refractivity contribution in [3.63, 3.8) is 0 Å². The summed E-state index contributed by atoms with van der Waals surface area (Å²) < 4.78 is 9.07. The number of benzene rings is 1. The molecule has 1 rings (SSSR count). The van der Waals surface area contributed by atoms with Crippen LogP contribution in [0.3, 0.4) is 0 Å². The van der Waals surface area contributed by atoms with Crippen LogP contribution in [0.2, 0.25) is 0 Å². The van der Waals surface area contributed by atoms with E-state index in [1.807, 2.05) is 0 Å². The number of phenols is 1. The zero-order chi connectivity index (χ0) is 16.4. The number of phenolic OH excluding ortho intramolecular Hbond substituents is 1. The van der Waals surface area contributed by atoms with Gasteiger partial charge in [0.15, 0.2) is 11.5 Å². The molecule has 1 atom stereocenters. The maximum Gasteiger partial charge on any atom is 0.335 e. The average molecular weight is 298 g/mol. The van der Waals surface area contributed by atoms with Gasteiger partial charge in [0, 0.05) is 12.5 Å². The van der Waals surface area contributed by atoms with Crippen molar-refractivity contribution in [3.05, 3.63) is 36.4 Å². The minimum Gasteiger partial charge on any atom is -0.504 e. The Bertz CT molecular complexity index is 496. The molecule has 116 valence electrons. The number of carboxylic acid groups (broad SMARTS) is 1. The Kier molecular flexibility index (Phi) is 8.24. The third-order valence-electron chi connectivity index (χ3n) is 2.19. The Labute approximate surface area is 122 Å². The first-order valence-electron chi connectivity index (χ1n) is 5.97. The summed E-state index contributed by atoms with van der Waals surface area (Å²) in [7, 11) is 1.36. The summed E-state index contributed by atoms with van der Waals surface area (Å²) in [5.41, 5.74) is 0.0876. The monoisotopic (exact) mass is 298 g/mol. The minimum atomic E-state index is -1.05. The van der Waals surface area contributed by atoms with E-state index in [2.05, 4.69) is 11.3 Å². The van der Waals surface area contributed by atoms with E-state index >= 15 is 0 Å². The molecule has 0 aliphatic heterocycles. The number of carboxylic acids is 1. The lowest BCUT2D eigenvalue weighted by atomic mass is 10.2. The van der Waals surface area contributed by atoms with Crippen molar-refractivity contribution in [2.45, 2.75) is 19.6 Å². The van der Waals surface area contributed by atoms with E-state index < -0.39 is 18.2 Å². The topological polar surface area (TPSA) is 113 Å². The highest BCUT2D eigenvalue weighted by atomic mass is 16.6. The van der Waals surface area contributed by atoms with Gasteiger partial charge in [-0.25, -0.2) is 9.59 Å². The van der Waals surface area contributed by atoms with Gasteiger partial charge in [-0.2, -0.15) is 0 Å². The van der Waals surface area contributed by atoms with Gasteiger partial charge in [-0.05, 0) is 18.2 Å². The second kappa shape index (κ2) is 9.38. The molecule has 0 spiro atoms. The number of aromatic carboxylic acids is 1. The van der Waals surface area contributed by atoms with Crippen LogP contribution >= 0.6 is 0 Å². The van der Waals surface area contributed by atoms with Gasteiger partial charge in [0.05, 0.1) is 12.7 Å². The lowest BCUT2D eigenvalue weighted by molar-refractivity contribution is -0.161. The maximum absolute atomic E-state index is 10.4. The highest BCUT2D eigenvalue weighted by molar-refractivity contribution is 5.88. The van der Waals surface area contributed by atoms with Gasteiger partial charge in [0.2, 0.25) is 6.29 Å². The first-order chi connectivity index (χ1) is 9.85. The predicted molar refractivity (Wildman–Crippen MR) is 74.2 cm³/mol. The van der Waals surface area contributed by atoms with Crippen LogP contribution in [0, 0.1) is 0 Å². The summed E-state index contributed by atoms with van der Waals surface area (Å²) in [5, 5.41) is 26.3. The van der Waals surface area contributed by atoms with E-state index in [0.29, 0.717) is 6.42 Å². The molecular weight excluding hydrogens is 280 g/mol. The number of aliphatic hydroxyl groups is 1. The summed E-state index contributed by atoms with van der Waals surface area (Å²) in [4.78, 5) is 20.7. The SMILES string of the molecule is C=CC(=O)OC(O)CC.COc1cc(C(=O)O)ccc1O. The van der Waals surface area contributed by atoms with Crippen molar-refractivity contribution >= 4 is 11.9 Å². The Morgan fingerprint density at radius 2 is 2.05 bits per heavy atom. The Morgan fingerprint density at radius 1 is 1.43 bits per heavy atom. The van der Waals surface area contributed by atoms with E-state index in [4.69, 9.17) is 20.1 Å². The summed E-state index contributed by atoms with van der Waals surface area (Å²) in [6.07, 6.45) is 0.425. The van der Waals surface area contributed by atoms with E-state index in [0.717, 1.165) is 6.08 Å². The number of ether oxygens (including phenoxy) is 2. The highest BCUT2D eigenvalue weighted by Gasteiger charge is 2.07. The normalized spacial score (nSPS) is 10.6. The van der Waals surface area contributed by atoms with Crippen LogP contribution in [0.15, 0.2) is 30.9 Å². The van der Waals surface area contributed by atoms with Crippen molar-refractivity contribution in [3.8, 4) is 11.5 Å². The highest BCUT2D eigenvalue weighted by Crippen LogP contribution is 2.25. The number of carbonyl (C=O) groups excluding carboxylic acids is 1. The lowest BCUT2D eigenvalue weighted by Crippen LogP contribution is -2.14. The van der Waals surface area contributed by atoms with Crippen LogP contribution in [0.5, 0.6) is 11.5 Å². The van der Waals surface area contributed by atoms with Crippen LogP contribution < -0.4 is 4.74 Å². The number of aliphatic hydroxyl groups excluding tert-OH is 1. The predicted octanol–water partition coefficient (Wildman–Crippen LogP) is 1.54. The maximum atomic E-state index is 10.4. The van der Waals surface area contributed by atoms with Gasteiger partial charge in [-0.15, -0.1) is 0 Å². The molecule has 1 unspecified atom stereocenters. The molecule has 21 heavy (non-hydrogen) atoms. The minimum absolute atomic E-state index is 0.0671. The average Bonchev–Trinajstić information content (AvgIpc) is 2.47. The molecule has 7 heteroatoms. The van der Waals surface area contributed by atoms with Crippen molar-refractivity contribution in [1.29, 1.82) is 0 Å². The van der Waals surface area contributed by atoms with E-state index in [1.165, 1.54) is 25.3 Å². The third kappa shape index (κ3) is 6.98. The van der Waals surface area contributed by atoms with Gasteiger partial charge in [0.25, 0.3) is 0 Å². The number of methoxy groups -OCH3 is 1. The Morgan fingerprint density at radius 3 is 2.48 bits per heavy atom. The molecule has 0 fully saturated rings. The molecule has 7 nitrogen and oxygen atoms in total.